The van der Waals surface area contributed by atoms with Gasteiger partial charge in [-0.05, 0) is 43.7 Å². The molecule has 0 aliphatic carbocycles. The van der Waals surface area contributed by atoms with Crippen LogP contribution in [0.25, 0.3) is 0 Å². The van der Waals surface area contributed by atoms with Crippen LogP contribution in [-0.4, -0.2) is 17.7 Å². The van der Waals surface area contributed by atoms with E-state index in [1.54, 1.807) is 43.3 Å². The van der Waals surface area contributed by atoms with E-state index in [-0.39, 0.29) is 5.75 Å². The summed E-state index contributed by atoms with van der Waals surface area (Å²) in [6.45, 7) is 3.28. The molecule has 0 saturated carbocycles. The van der Waals surface area contributed by atoms with Crippen LogP contribution in [0.1, 0.15) is 19.4 Å². The first kappa shape index (κ1) is 16.5. The lowest BCUT2D eigenvalue weighted by atomic mass is 10.1. The highest BCUT2D eigenvalue weighted by molar-refractivity contribution is 5.99. The Morgan fingerprint density at radius 2 is 1.87 bits per heavy atom. The van der Waals surface area contributed by atoms with E-state index in [9.17, 15) is 9.18 Å². The number of hydrazone groups is 1. The Kier molecular flexibility index (Phi) is 5.30. The Morgan fingerprint density at radius 1 is 1.22 bits per heavy atom. The second-order valence-corrected chi connectivity index (χ2v) is 4.99. The average molecular weight is 315 g/mol. The summed E-state index contributed by atoms with van der Waals surface area (Å²) in [5.74, 6) is -0.967. The zero-order valence-electron chi connectivity index (χ0n) is 12.9. The van der Waals surface area contributed by atoms with E-state index in [4.69, 9.17) is 10.5 Å². The zero-order valence-corrected chi connectivity index (χ0v) is 12.9. The number of nitrogens with one attached hydrogen (secondary N) is 1. The molecular formula is C17H18FN3O2. The Bertz CT molecular complexity index is 714. The van der Waals surface area contributed by atoms with Gasteiger partial charge >= 0.3 is 0 Å². The number of hydrogen-bond donors (Lipinski definition) is 2. The van der Waals surface area contributed by atoms with Crippen molar-refractivity contribution in [3.8, 4) is 5.75 Å². The molecule has 0 bridgehead atoms. The van der Waals surface area contributed by atoms with E-state index in [0.717, 1.165) is 5.56 Å². The highest BCUT2D eigenvalue weighted by Crippen LogP contribution is 2.17. The number of halogens is 1. The van der Waals surface area contributed by atoms with Gasteiger partial charge in [0.15, 0.2) is 17.7 Å². The second-order valence-electron chi connectivity index (χ2n) is 4.99. The van der Waals surface area contributed by atoms with Gasteiger partial charge in [-0.25, -0.2) is 9.82 Å². The lowest BCUT2D eigenvalue weighted by molar-refractivity contribution is -0.127. The van der Waals surface area contributed by atoms with E-state index in [1.165, 1.54) is 19.1 Å². The van der Waals surface area contributed by atoms with Crippen LogP contribution in [0.15, 0.2) is 53.6 Å². The maximum Gasteiger partial charge on any atom is 0.280 e. The van der Waals surface area contributed by atoms with Crippen molar-refractivity contribution in [1.82, 2.24) is 5.43 Å². The highest BCUT2D eigenvalue weighted by Gasteiger charge is 2.16. The molecule has 2 rings (SSSR count). The number of anilines is 1. The third-order valence-corrected chi connectivity index (χ3v) is 3.17. The summed E-state index contributed by atoms with van der Waals surface area (Å²) in [5.41, 5.74) is 10.1. The Balaban J connectivity index is 1.97. The number of amides is 1. The standard InChI is InChI=1S/C17H18FN3O2/c1-11(13-7-9-14(19)10-8-13)20-21-17(22)12(2)23-16-6-4-3-5-15(16)18/h3-10,12H,19H2,1-2H3,(H,21,22)/b20-11-/t12-/m1/s1. The lowest BCUT2D eigenvalue weighted by Crippen LogP contribution is -2.34. The number of nitrogen functional groups attached to an aromatic ring is 1. The van der Waals surface area contributed by atoms with Crippen LogP contribution in [0, 0.1) is 5.82 Å². The molecule has 5 nitrogen and oxygen atoms in total. The van der Waals surface area contributed by atoms with Crippen molar-refractivity contribution in [3.63, 3.8) is 0 Å². The second kappa shape index (κ2) is 7.40. The fraction of sp³-hybridized carbons (Fsp3) is 0.176. The predicted octanol–water partition coefficient (Wildman–Crippen LogP) is 2.72. The Morgan fingerprint density at radius 3 is 2.52 bits per heavy atom. The van der Waals surface area contributed by atoms with Crippen molar-refractivity contribution in [2.24, 2.45) is 5.10 Å². The van der Waals surface area contributed by atoms with Crippen LogP contribution >= 0.6 is 0 Å². The van der Waals surface area contributed by atoms with Crippen LogP contribution in [0.2, 0.25) is 0 Å². The lowest BCUT2D eigenvalue weighted by Gasteiger charge is -2.13. The third kappa shape index (κ3) is 4.54. The van der Waals surface area contributed by atoms with E-state index >= 15 is 0 Å². The molecule has 0 fully saturated rings. The van der Waals surface area contributed by atoms with Crippen LogP contribution in [0.3, 0.4) is 0 Å². The van der Waals surface area contributed by atoms with Crippen molar-refractivity contribution in [2.75, 3.05) is 5.73 Å². The van der Waals surface area contributed by atoms with E-state index in [1.807, 2.05) is 0 Å². The molecule has 0 aliphatic heterocycles. The fourth-order valence-corrected chi connectivity index (χ4v) is 1.80. The largest absolute Gasteiger partial charge is 0.478 e. The summed E-state index contributed by atoms with van der Waals surface area (Å²) in [6, 6.07) is 13.0. The Hall–Kier alpha value is -2.89. The zero-order chi connectivity index (χ0) is 16.8. The topological polar surface area (TPSA) is 76.7 Å². The summed E-state index contributed by atoms with van der Waals surface area (Å²) in [4.78, 5) is 12.0. The quantitative estimate of drug-likeness (QED) is 0.506. The molecule has 2 aromatic rings. The number of rotatable bonds is 5. The summed E-state index contributed by atoms with van der Waals surface area (Å²) < 4.78 is 18.8. The van der Waals surface area contributed by atoms with Gasteiger partial charge in [-0.3, -0.25) is 4.79 Å². The molecule has 3 N–H and O–H groups in total. The molecule has 23 heavy (non-hydrogen) atoms. The van der Waals surface area contributed by atoms with Crippen LogP contribution in [0.4, 0.5) is 10.1 Å². The molecular weight excluding hydrogens is 297 g/mol. The highest BCUT2D eigenvalue weighted by atomic mass is 19.1. The van der Waals surface area contributed by atoms with Crippen LogP contribution in [0.5, 0.6) is 5.75 Å². The van der Waals surface area contributed by atoms with Crippen molar-refractivity contribution in [2.45, 2.75) is 20.0 Å². The smallest absolute Gasteiger partial charge is 0.280 e. The average Bonchev–Trinajstić information content (AvgIpc) is 2.55. The van der Waals surface area contributed by atoms with Gasteiger partial charge in [-0.15, -0.1) is 0 Å². The maximum absolute atomic E-state index is 13.5. The molecule has 6 heteroatoms. The predicted molar refractivity (Wildman–Crippen MR) is 87.7 cm³/mol. The van der Waals surface area contributed by atoms with Gasteiger partial charge in [0, 0.05) is 5.69 Å². The molecule has 0 radical (unpaired) electrons. The number of benzene rings is 2. The van der Waals surface area contributed by atoms with Crippen LogP contribution in [-0.2, 0) is 4.79 Å². The van der Waals surface area contributed by atoms with Crippen LogP contribution < -0.4 is 15.9 Å². The molecule has 0 aromatic heterocycles. The molecule has 0 aliphatic rings. The minimum Gasteiger partial charge on any atom is -0.478 e. The minimum absolute atomic E-state index is 0.0226. The molecule has 2 aromatic carbocycles. The van der Waals surface area contributed by atoms with Gasteiger partial charge in [-0.2, -0.15) is 5.10 Å². The molecule has 0 spiro atoms. The first-order valence-electron chi connectivity index (χ1n) is 7.08. The van der Waals surface area contributed by atoms with E-state index in [2.05, 4.69) is 10.5 Å². The van der Waals surface area contributed by atoms with Crippen molar-refractivity contribution in [1.29, 1.82) is 0 Å². The summed E-state index contributed by atoms with van der Waals surface area (Å²) in [5, 5.41) is 4.01. The molecule has 1 atom stereocenters. The summed E-state index contributed by atoms with van der Waals surface area (Å²) in [7, 11) is 0. The SMILES string of the molecule is C/C(=N/NC(=O)[C@@H](C)Oc1ccccc1F)c1ccc(N)cc1. The van der Waals surface area contributed by atoms with Gasteiger partial charge in [0.25, 0.3) is 5.91 Å². The van der Waals surface area contributed by atoms with Crippen molar-refractivity contribution < 1.29 is 13.9 Å². The van der Waals surface area contributed by atoms with Gasteiger partial charge in [0.05, 0.1) is 5.71 Å². The van der Waals surface area contributed by atoms with E-state index in [0.29, 0.717) is 11.4 Å². The normalized spacial score (nSPS) is 12.6. The Labute approximate surface area is 134 Å². The molecule has 0 heterocycles. The minimum atomic E-state index is -0.880. The molecule has 0 unspecified atom stereocenters. The van der Waals surface area contributed by atoms with Gasteiger partial charge in [0.2, 0.25) is 0 Å². The number of hydrogen-bond acceptors (Lipinski definition) is 4. The third-order valence-electron chi connectivity index (χ3n) is 3.17. The first-order chi connectivity index (χ1) is 11.0. The summed E-state index contributed by atoms with van der Waals surface area (Å²) >= 11 is 0. The number of ether oxygens (including phenoxy) is 1. The van der Waals surface area contributed by atoms with Gasteiger partial charge < -0.3 is 10.5 Å². The van der Waals surface area contributed by atoms with Crippen molar-refractivity contribution in [3.05, 3.63) is 59.9 Å². The maximum atomic E-state index is 13.5. The van der Waals surface area contributed by atoms with Gasteiger partial charge in [0.1, 0.15) is 0 Å². The monoisotopic (exact) mass is 315 g/mol. The van der Waals surface area contributed by atoms with Crippen molar-refractivity contribution >= 4 is 17.3 Å². The summed E-state index contributed by atoms with van der Waals surface area (Å²) in [6.07, 6.45) is -0.880. The molecule has 1 amide bonds. The van der Waals surface area contributed by atoms with E-state index < -0.39 is 17.8 Å². The molecule has 120 valence electrons. The fourth-order valence-electron chi connectivity index (χ4n) is 1.80. The van der Waals surface area contributed by atoms with Gasteiger partial charge in [-0.1, -0.05) is 24.3 Å². The number of carbonyl (C=O) groups excluding carboxylic acids is 1. The number of nitrogens with zero attached hydrogens (tertiary/aromatic N) is 1. The number of carbonyl (C=O) groups is 1. The molecule has 0 saturated heterocycles. The number of para-hydroxylation sites is 1. The number of nitrogens with two attached hydrogens (primary N) is 1. The first-order valence-corrected chi connectivity index (χ1v) is 7.08.